The van der Waals surface area contributed by atoms with E-state index >= 15 is 0 Å². The standard InChI is InChI=1S/C16H33NO/c1-4-5-6-7-8-9-12-15(17-2)16(18-3)13-10-11-14-16/h15,17H,4-14H2,1-3H3. The minimum Gasteiger partial charge on any atom is -0.377 e. The van der Waals surface area contributed by atoms with E-state index in [0.29, 0.717) is 6.04 Å². The van der Waals surface area contributed by atoms with Crippen LogP contribution in [0.3, 0.4) is 0 Å². The van der Waals surface area contributed by atoms with Crippen molar-refractivity contribution in [2.75, 3.05) is 14.2 Å². The number of hydrogen-bond acceptors (Lipinski definition) is 2. The predicted octanol–water partition coefficient (Wildman–Crippen LogP) is 4.28. The molecule has 1 saturated carbocycles. The minimum absolute atomic E-state index is 0.137. The van der Waals surface area contributed by atoms with Gasteiger partial charge in [0.25, 0.3) is 0 Å². The van der Waals surface area contributed by atoms with Crippen LogP contribution >= 0.6 is 0 Å². The zero-order valence-electron chi connectivity index (χ0n) is 12.8. The van der Waals surface area contributed by atoms with E-state index in [0.717, 1.165) is 0 Å². The molecule has 1 atom stereocenters. The van der Waals surface area contributed by atoms with Crippen molar-refractivity contribution in [3.63, 3.8) is 0 Å². The van der Waals surface area contributed by atoms with Gasteiger partial charge in [-0.1, -0.05) is 58.3 Å². The van der Waals surface area contributed by atoms with E-state index in [1.165, 1.54) is 70.6 Å². The summed E-state index contributed by atoms with van der Waals surface area (Å²) in [5.74, 6) is 0. The van der Waals surface area contributed by atoms with Gasteiger partial charge >= 0.3 is 0 Å². The lowest BCUT2D eigenvalue weighted by Crippen LogP contribution is -2.49. The molecule has 0 amide bonds. The first-order valence-electron chi connectivity index (χ1n) is 8.01. The van der Waals surface area contributed by atoms with Gasteiger partial charge in [0, 0.05) is 13.2 Å². The van der Waals surface area contributed by atoms with Gasteiger partial charge in [-0.2, -0.15) is 0 Å². The molecule has 0 aromatic heterocycles. The lowest BCUT2D eigenvalue weighted by atomic mass is 9.88. The van der Waals surface area contributed by atoms with Crippen LogP contribution < -0.4 is 5.32 Å². The van der Waals surface area contributed by atoms with Gasteiger partial charge in [0.05, 0.1) is 5.60 Å². The molecule has 0 aromatic rings. The molecule has 2 heteroatoms. The smallest absolute Gasteiger partial charge is 0.0830 e. The van der Waals surface area contributed by atoms with E-state index < -0.39 is 0 Å². The molecule has 0 heterocycles. The number of unbranched alkanes of at least 4 members (excludes halogenated alkanes) is 5. The van der Waals surface area contributed by atoms with Crippen LogP contribution in [0.25, 0.3) is 0 Å². The van der Waals surface area contributed by atoms with Crippen LogP contribution in [0.5, 0.6) is 0 Å². The number of rotatable bonds is 10. The Labute approximate surface area is 114 Å². The molecule has 0 radical (unpaired) electrons. The van der Waals surface area contributed by atoms with Crippen molar-refractivity contribution in [2.24, 2.45) is 0 Å². The average molecular weight is 255 g/mol. The first-order valence-corrected chi connectivity index (χ1v) is 8.01. The van der Waals surface area contributed by atoms with Crippen LogP contribution in [0, 0.1) is 0 Å². The summed E-state index contributed by atoms with van der Waals surface area (Å²) in [7, 11) is 4.00. The van der Waals surface area contributed by atoms with Crippen molar-refractivity contribution in [1.82, 2.24) is 5.32 Å². The van der Waals surface area contributed by atoms with Crippen LogP contribution in [0.2, 0.25) is 0 Å². The summed E-state index contributed by atoms with van der Waals surface area (Å²) in [5, 5.41) is 3.51. The Balaban J connectivity index is 2.24. The van der Waals surface area contributed by atoms with Gasteiger partial charge in [0.1, 0.15) is 0 Å². The summed E-state index contributed by atoms with van der Waals surface area (Å²) in [6.07, 6.45) is 14.7. The molecule has 18 heavy (non-hydrogen) atoms. The zero-order chi connectivity index (χ0) is 13.3. The van der Waals surface area contributed by atoms with E-state index in [-0.39, 0.29) is 5.60 Å². The molecule has 1 aliphatic carbocycles. The molecule has 0 aromatic carbocycles. The van der Waals surface area contributed by atoms with Crippen molar-refractivity contribution in [3.05, 3.63) is 0 Å². The molecule has 1 fully saturated rings. The van der Waals surface area contributed by atoms with Crippen molar-refractivity contribution < 1.29 is 4.74 Å². The number of methoxy groups -OCH3 is 1. The fourth-order valence-electron chi connectivity index (χ4n) is 3.47. The fourth-order valence-corrected chi connectivity index (χ4v) is 3.47. The van der Waals surface area contributed by atoms with Crippen molar-refractivity contribution in [2.45, 2.75) is 89.2 Å². The Morgan fingerprint density at radius 2 is 1.67 bits per heavy atom. The molecule has 1 rings (SSSR count). The lowest BCUT2D eigenvalue weighted by molar-refractivity contribution is -0.0364. The molecule has 0 aliphatic heterocycles. The van der Waals surface area contributed by atoms with Crippen LogP contribution in [0.1, 0.15) is 77.6 Å². The Bertz CT molecular complexity index is 199. The van der Waals surface area contributed by atoms with Crippen molar-refractivity contribution in [1.29, 1.82) is 0 Å². The van der Waals surface area contributed by atoms with Gasteiger partial charge < -0.3 is 10.1 Å². The molecule has 0 bridgehead atoms. The SMILES string of the molecule is CCCCCCCCC(NC)C1(OC)CCCC1. The Morgan fingerprint density at radius 1 is 1.06 bits per heavy atom. The van der Waals surface area contributed by atoms with Crippen LogP contribution in [0.4, 0.5) is 0 Å². The van der Waals surface area contributed by atoms with Crippen molar-refractivity contribution >= 4 is 0 Å². The average Bonchev–Trinajstić information content (AvgIpc) is 2.88. The van der Waals surface area contributed by atoms with E-state index in [2.05, 4.69) is 19.3 Å². The Hall–Kier alpha value is -0.0800. The summed E-state index contributed by atoms with van der Waals surface area (Å²) in [6, 6.07) is 0.552. The van der Waals surface area contributed by atoms with E-state index in [1.807, 2.05) is 7.11 Å². The van der Waals surface area contributed by atoms with Gasteiger partial charge in [-0.05, 0) is 26.3 Å². The highest BCUT2D eigenvalue weighted by Crippen LogP contribution is 2.37. The molecule has 108 valence electrons. The predicted molar refractivity (Wildman–Crippen MR) is 79.0 cm³/mol. The van der Waals surface area contributed by atoms with Crippen molar-refractivity contribution in [3.8, 4) is 0 Å². The molecular formula is C16H33NO. The summed E-state index contributed by atoms with van der Waals surface area (Å²) in [4.78, 5) is 0. The van der Waals surface area contributed by atoms with E-state index in [9.17, 15) is 0 Å². The molecule has 2 nitrogen and oxygen atoms in total. The Kier molecular flexibility index (Phi) is 7.92. The second-order valence-corrected chi connectivity index (χ2v) is 5.87. The van der Waals surface area contributed by atoms with Gasteiger partial charge in [-0.15, -0.1) is 0 Å². The highest BCUT2D eigenvalue weighted by atomic mass is 16.5. The summed E-state index contributed by atoms with van der Waals surface area (Å²) >= 11 is 0. The summed E-state index contributed by atoms with van der Waals surface area (Å²) in [5.41, 5.74) is 0.137. The van der Waals surface area contributed by atoms with Gasteiger partial charge in [0.15, 0.2) is 0 Å². The molecule has 1 unspecified atom stereocenters. The normalized spacial score (nSPS) is 20.2. The fraction of sp³-hybridized carbons (Fsp3) is 1.00. The second kappa shape index (κ2) is 8.92. The highest BCUT2D eigenvalue weighted by molar-refractivity contribution is 4.96. The zero-order valence-corrected chi connectivity index (χ0v) is 12.8. The lowest BCUT2D eigenvalue weighted by Gasteiger charge is -2.36. The number of nitrogens with one attached hydrogen (secondary N) is 1. The number of likely N-dealkylation sites (N-methyl/N-ethyl adjacent to an activating group) is 1. The van der Waals surface area contributed by atoms with Crippen LogP contribution in [-0.2, 0) is 4.74 Å². The quantitative estimate of drug-likeness (QED) is 0.588. The maximum Gasteiger partial charge on any atom is 0.0830 e. The monoisotopic (exact) mass is 255 g/mol. The first kappa shape index (κ1) is 16.0. The van der Waals surface area contributed by atoms with E-state index in [1.54, 1.807) is 0 Å². The summed E-state index contributed by atoms with van der Waals surface area (Å²) in [6.45, 7) is 2.28. The third-order valence-electron chi connectivity index (χ3n) is 4.69. The van der Waals surface area contributed by atoms with Crippen LogP contribution in [0.15, 0.2) is 0 Å². The van der Waals surface area contributed by atoms with Gasteiger partial charge in [-0.25, -0.2) is 0 Å². The maximum absolute atomic E-state index is 5.88. The minimum atomic E-state index is 0.137. The largest absolute Gasteiger partial charge is 0.377 e. The molecule has 0 spiro atoms. The highest BCUT2D eigenvalue weighted by Gasteiger charge is 2.40. The van der Waals surface area contributed by atoms with Gasteiger partial charge in [-0.3, -0.25) is 0 Å². The maximum atomic E-state index is 5.88. The number of hydrogen-bond donors (Lipinski definition) is 1. The topological polar surface area (TPSA) is 21.3 Å². The second-order valence-electron chi connectivity index (χ2n) is 5.87. The Morgan fingerprint density at radius 3 is 2.22 bits per heavy atom. The third-order valence-corrected chi connectivity index (χ3v) is 4.69. The third kappa shape index (κ3) is 4.55. The summed E-state index contributed by atoms with van der Waals surface area (Å²) < 4.78 is 5.88. The number of ether oxygens (including phenoxy) is 1. The van der Waals surface area contributed by atoms with Crippen LogP contribution in [-0.4, -0.2) is 25.8 Å². The molecule has 1 N–H and O–H groups in total. The molecule has 0 saturated heterocycles. The first-order chi connectivity index (χ1) is 8.79. The molecular weight excluding hydrogens is 222 g/mol. The van der Waals surface area contributed by atoms with E-state index in [4.69, 9.17) is 4.74 Å². The van der Waals surface area contributed by atoms with Gasteiger partial charge in [0.2, 0.25) is 0 Å². The molecule has 1 aliphatic rings.